The van der Waals surface area contributed by atoms with Crippen molar-refractivity contribution in [2.75, 3.05) is 5.75 Å². The number of carboxylic acid groups (broad SMARTS) is 3. The van der Waals surface area contributed by atoms with Crippen LogP contribution in [0.3, 0.4) is 0 Å². The van der Waals surface area contributed by atoms with Gasteiger partial charge in [0.15, 0.2) is 0 Å². The van der Waals surface area contributed by atoms with E-state index in [1.54, 1.807) is 13.8 Å². The van der Waals surface area contributed by atoms with Gasteiger partial charge in [0.2, 0.25) is 17.7 Å². The number of nitrogens with two attached hydrogens (primary N) is 1. The molecule has 0 aromatic rings. The molecule has 3 amide bonds. The zero-order valence-corrected chi connectivity index (χ0v) is 17.9. The first kappa shape index (κ1) is 28.1. The number of aliphatic carboxylic acids is 3. The summed E-state index contributed by atoms with van der Waals surface area (Å²) in [5, 5.41) is 33.4. The lowest BCUT2D eigenvalue weighted by Crippen LogP contribution is -2.59. The zero-order valence-electron chi connectivity index (χ0n) is 17.0. The van der Waals surface area contributed by atoms with Crippen LogP contribution in [-0.4, -0.2) is 80.9 Å². The first-order valence-electron chi connectivity index (χ1n) is 9.27. The molecule has 176 valence electrons. The summed E-state index contributed by atoms with van der Waals surface area (Å²) in [6.45, 7) is 3.31. The van der Waals surface area contributed by atoms with Crippen molar-refractivity contribution in [3.63, 3.8) is 0 Å². The van der Waals surface area contributed by atoms with E-state index >= 15 is 0 Å². The maximum Gasteiger partial charge on any atom is 0.327 e. The number of thiol groups is 1. The predicted octanol–water partition coefficient (Wildman–Crippen LogP) is -2.22. The summed E-state index contributed by atoms with van der Waals surface area (Å²) in [7, 11) is 0. The Morgan fingerprint density at radius 2 is 1.35 bits per heavy atom. The molecule has 0 spiro atoms. The number of nitrogens with one attached hydrogen (secondary N) is 3. The molecular weight excluding hydrogens is 436 g/mol. The standard InChI is InChI=1S/C17H28N4O9S/c1-3-7(2)13(21-14(26)8(18)4-11(22)23)16(28)19-9(5-12(24)25)15(27)20-10(6-31)17(29)30/h7-10,13,31H,3-6,18H2,1-2H3,(H,19,28)(H,20,27)(H,21,26)(H,22,23)(H,24,25)(H,29,30). The van der Waals surface area contributed by atoms with Crippen molar-refractivity contribution in [3.8, 4) is 0 Å². The van der Waals surface area contributed by atoms with Crippen molar-refractivity contribution in [3.05, 3.63) is 0 Å². The summed E-state index contributed by atoms with van der Waals surface area (Å²) in [5.74, 6) is -7.81. The topological polar surface area (TPSA) is 225 Å². The highest BCUT2D eigenvalue weighted by molar-refractivity contribution is 7.80. The van der Waals surface area contributed by atoms with E-state index in [4.69, 9.17) is 21.1 Å². The number of carbonyl (C=O) groups is 6. The third kappa shape index (κ3) is 10.1. The summed E-state index contributed by atoms with van der Waals surface area (Å²) in [6.07, 6.45) is -1.13. The molecule has 0 aliphatic rings. The Morgan fingerprint density at radius 3 is 1.77 bits per heavy atom. The molecule has 13 nitrogen and oxygen atoms in total. The average Bonchev–Trinajstić information content (AvgIpc) is 2.67. The number of amides is 3. The molecule has 0 aromatic carbocycles. The number of hydrogen-bond donors (Lipinski definition) is 8. The predicted molar refractivity (Wildman–Crippen MR) is 109 cm³/mol. The van der Waals surface area contributed by atoms with E-state index < -0.39 is 78.6 Å². The SMILES string of the molecule is CCC(C)C(NC(=O)C(N)CC(=O)O)C(=O)NC(CC(=O)O)C(=O)NC(CS)C(=O)O. The molecule has 0 saturated carbocycles. The van der Waals surface area contributed by atoms with Crippen LogP contribution in [-0.2, 0) is 28.8 Å². The largest absolute Gasteiger partial charge is 0.481 e. The lowest BCUT2D eigenvalue weighted by Gasteiger charge is -2.27. The summed E-state index contributed by atoms with van der Waals surface area (Å²) in [5.41, 5.74) is 5.49. The van der Waals surface area contributed by atoms with Gasteiger partial charge < -0.3 is 37.0 Å². The highest BCUT2D eigenvalue weighted by Crippen LogP contribution is 2.10. The van der Waals surface area contributed by atoms with Gasteiger partial charge in [0.1, 0.15) is 18.1 Å². The number of carboxylic acids is 3. The van der Waals surface area contributed by atoms with Crippen LogP contribution < -0.4 is 21.7 Å². The molecule has 0 aliphatic heterocycles. The first-order valence-corrected chi connectivity index (χ1v) is 9.91. The maximum absolute atomic E-state index is 12.7. The Kier molecular flexibility index (Phi) is 12.2. The van der Waals surface area contributed by atoms with Crippen LogP contribution in [0, 0.1) is 5.92 Å². The molecule has 0 radical (unpaired) electrons. The van der Waals surface area contributed by atoms with E-state index in [-0.39, 0.29) is 5.75 Å². The van der Waals surface area contributed by atoms with Crippen LogP contribution in [0.25, 0.3) is 0 Å². The highest BCUT2D eigenvalue weighted by atomic mass is 32.1. The van der Waals surface area contributed by atoms with Crippen LogP contribution >= 0.6 is 12.6 Å². The average molecular weight is 464 g/mol. The smallest absolute Gasteiger partial charge is 0.327 e. The molecule has 31 heavy (non-hydrogen) atoms. The molecule has 5 unspecified atom stereocenters. The molecule has 0 aliphatic carbocycles. The van der Waals surface area contributed by atoms with E-state index in [2.05, 4.69) is 28.6 Å². The molecule has 0 heterocycles. The second-order valence-corrected chi connectivity index (χ2v) is 7.18. The third-order valence-electron chi connectivity index (χ3n) is 4.33. The van der Waals surface area contributed by atoms with Gasteiger partial charge in [-0.1, -0.05) is 20.3 Å². The van der Waals surface area contributed by atoms with Gasteiger partial charge in [-0.05, 0) is 5.92 Å². The Labute approximate surface area is 183 Å². The van der Waals surface area contributed by atoms with Crippen molar-refractivity contribution in [1.82, 2.24) is 16.0 Å². The molecule has 0 fully saturated rings. The third-order valence-corrected chi connectivity index (χ3v) is 4.70. The van der Waals surface area contributed by atoms with Gasteiger partial charge in [0, 0.05) is 5.75 Å². The second kappa shape index (κ2) is 13.4. The van der Waals surface area contributed by atoms with Gasteiger partial charge in [-0.3, -0.25) is 24.0 Å². The van der Waals surface area contributed by atoms with Crippen LogP contribution in [0.2, 0.25) is 0 Å². The quantitative estimate of drug-likeness (QED) is 0.129. The molecule has 14 heteroatoms. The van der Waals surface area contributed by atoms with E-state index in [1.807, 2.05) is 0 Å². The summed E-state index contributed by atoms with van der Waals surface area (Å²) in [4.78, 5) is 70.1. The molecule has 0 saturated heterocycles. The van der Waals surface area contributed by atoms with Crippen LogP contribution in [0.4, 0.5) is 0 Å². The van der Waals surface area contributed by atoms with E-state index in [0.717, 1.165) is 0 Å². The van der Waals surface area contributed by atoms with E-state index in [1.165, 1.54) is 0 Å². The monoisotopic (exact) mass is 464 g/mol. The Morgan fingerprint density at radius 1 is 0.839 bits per heavy atom. The van der Waals surface area contributed by atoms with Crippen molar-refractivity contribution in [1.29, 1.82) is 0 Å². The lowest BCUT2D eigenvalue weighted by molar-refractivity contribution is -0.143. The second-order valence-electron chi connectivity index (χ2n) is 6.82. The number of hydrogen-bond acceptors (Lipinski definition) is 8. The van der Waals surface area contributed by atoms with Gasteiger partial charge in [-0.15, -0.1) is 0 Å². The fraction of sp³-hybridized carbons (Fsp3) is 0.647. The Balaban J connectivity index is 5.51. The van der Waals surface area contributed by atoms with Crippen molar-refractivity contribution in [2.24, 2.45) is 11.7 Å². The molecule has 0 rings (SSSR count). The fourth-order valence-electron chi connectivity index (χ4n) is 2.35. The highest BCUT2D eigenvalue weighted by Gasteiger charge is 2.33. The molecule has 0 bridgehead atoms. The molecule has 8 N–H and O–H groups in total. The van der Waals surface area contributed by atoms with Gasteiger partial charge in [-0.25, -0.2) is 4.79 Å². The van der Waals surface area contributed by atoms with Crippen LogP contribution in [0.5, 0.6) is 0 Å². The minimum absolute atomic E-state index is 0.276. The van der Waals surface area contributed by atoms with Gasteiger partial charge in [0.05, 0.1) is 18.9 Å². The van der Waals surface area contributed by atoms with Crippen LogP contribution in [0.15, 0.2) is 0 Å². The zero-order chi connectivity index (χ0) is 24.3. The molecule has 0 aromatic heterocycles. The van der Waals surface area contributed by atoms with Gasteiger partial charge in [-0.2, -0.15) is 12.6 Å². The Bertz CT molecular complexity index is 703. The van der Waals surface area contributed by atoms with E-state index in [9.17, 15) is 28.8 Å². The van der Waals surface area contributed by atoms with Crippen LogP contribution in [0.1, 0.15) is 33.1 Å². The minimum Gasteiger partial charge on any atom is -0.481 e. The lowest BCUT2D eigenvalue weighted by atomic mass is 9.97. The van der Waals surface area contributed by atoms with Gasteiger partial charge in [0.25, 0.3) is 0 Å². The van der Waals surface area contributed by atoms with Crippen molar-refractivity contribution in [2.45, 2.75) is 57.3 Å². The van der Waals surface area contributed by atoms with Gasteiger partial charge >= 0.3 is 17.9 Å². The summed E-state index contributed by atoms with van der Waals surface area (Å²) >= 11 is 3.79. The normalized spacial score (nSPS) is 15.5. The minimum atomic E-state index is -1.64. The summed E-state index contributed by atoms with van der Waals surface area (Å²) in [6, 6.07) is -5.73. The molecule has 5 atom stereocenters. The number of carbonyl (C=O) groups excluding carboxylic acids is 3. The fourth-order valence-corrected chi connectivity index (χ4v) is 2.59. The number of rotatable bonds is 14. The summed E-state index contributed by atoms with van der Waals surface area (Å²) < 4.78 is 0. The maximum atomic E-state index is 12.7. The van der Waals surface area contributed by atoms with E-state index in [0.29, 0.717) is 6.42 Å². The molecular formula is C17H28N4O9S. The Hall–Kier alpha value is -2.87. The first-order chi connectivity index (χ1) is 14.3. The van der Waals surface area contributed by atoms with Crippen molar-refractivity contribution >= 4 is 48.3 Å². The van der Waals surface area contributed by atoms with Crippen molar-refractivity contribution < 1.29 is 44.1 Å².